The summed E-state index contributed by atoms with van der Waals surface area (Å²) in [5, 5.41) is 32.5. The van der Waals surface area contributed by atoms with Crippen LogP contribution >= 0.6 is 12.4 Å². The van der Waals surface area contributed by atoms with Crippen molar-refractivity contribution in [3.63, 3.8) is 0 Å². The summed E-state index contributed by atoms with van der Waals surface area (Å²) in [6.07, 6.45) is -0.512. The molecule has 0 aliphatic carbocycles. The monoisotopic (exact) mass is 361 g/mol. The number of aliphatic hydroxyl groups is 1. The van der Waals surface area contributed by atoms with Crippen LogP contribution in [0.15, 0.2) is 12.1 Å². The van der Waals surface area contributed by atoms with Gasteiger partial charge in [0, 0.05) is 31.1 Å². The van der Waals surface area contributed by atoms with Crippen LogP contribution in [0, 0.1) is 5.92 Å². The van der Waals surface area contributed by atoms with Crippen molar-refractivity contribution in [3.05, 3.63) is 17.7 Å². The molecule has 0 aromatic heterocycles. The van der Waals surface area contributed by atoms with E-state index in [1.165, 1.54) is 6.07 Å². The van der Waals surface area contributed by atoms with Gasteiger partial charge in [-0.05, 0) is 5.92 Å². The van der Waals surface area contributed by atoms with Crippen LogP contribution in [0.5, 0.6) is 17.2 Å². The number of rotatable bonds is 9. The van der Waals surface area contributed by atoms with E-state index in [2.05, 4.69) is 5.32 Å². The average molecular weight is 362 g/mol. The first-order valence-electron chi connectivity index (χ1n) is 7.84. The molecule has 1 aromatic carbocycles. The molecule has 0 aliphatic rings. The van der Waals surface area contributed by atoms with Gasteiger partial charge < -0.3 is 25.4 Å². The topological polar surface area (TPSA) is 99.0 Å². The van der Waals surface area contributed by atoms with Crippen LogP contribution in [0.4, 0.5) is 0 Å². The van der Waals surface area contributed by atoms with Crippen LogP contribution in [-0.4, -0.2) is 46.4 Å². The van der Waals surface area contributed by atoms with Gasteiger partial charge >= 0.3 is 0 Å². The Hall–Kier alpha value is -1.50. The normalized spacial score (nSPS) is 12.1. The quantitative estimate of drug-likeness (QED) is 0.504. The van der Waals surface area contributed by atoms with Crippen molar-refractivity contribution in [1.82, 2.24) is 5.32 Å². The van der Waals surface area contributed by atoms with Crippen LogP contribution in [-0.2, 0) is 0 Å². The maximum Gasteiger partial charge on any atom is 0.170 e. The first kappa shape index (κ1) is 22.5. The predicted octanol–water partition coefficient (Wildman–Crippen LogP) is 2.49. The fraction of sp³-hybridized carbons (Fsp3) is 0.588. The molecule has 0 fully saturated rings. The van der Waals surface area contributed by atoms with Crippen LogP contribution in [0.1, 0.15) is 44.5 Å². The van der Waals surface area contributed by atoms with Crippen molar-refractivity contribution in [2.45, 2.75) is 46.3 Å². The molecule has 1 atom stereocenters. The zero-order valence-corrected chi connectivity index (χ0v) is 15.4. The molecule has 0 aliphatic heterocycles. The van der Waals surface area contributed by atoms with Gasteiger partial charge in [0.1, 0.15) is 35.5 Å². The largest absolute Gasteiger partial charge is 0.508 e. The maximum absolute atomic E-state index is 12.3. The zero-order valence-electron chi connectivity index (χ0n) is 14.6. The van der Waals surface area contributed by atoms with Crippen molar-refractivity contribution >= 4 is 18.2 Å². The number of carbonyl (C=O) groups is 1. The van der Waals surface area contributed by atoms with E-state index in [1.54, 1.807) is 0 Å². The molecule has 1 rings (SSSR count). The Morgan fingerprint density at radius 1 is 1.21 bits per heavy atom. The van der Waals surface area contributed by atoms with E-state index in [0.717, 1.165) is 6.07 Å². The number of carbonyl (C=O) groups excluding carboxylic acids is 1. The summed E-state index contributed by atoms with van der Waals surface area (Å²) in [6, 6.07) is 2.62. The molecular weight excluding hydrogens is 334 g/mol. The van der Waals surface area contributed by atoms with E-state index in [4.69, 9.17) is 4.74 Å². The molecule has 0 saturated carbocycles. The Morgan fingerprint density at radius 3 is 2.38 bits per heavy atom. The third-order valence-electron chi connectivity index (χ3n) is 3.13. The first-order valence-corrected chi connectivity index (χ1v) is 7.84. The average Bonchev–Trinajstić information content (AvgIpc) is 2.41. The number of phenols is 2. The molecule has 6 nitrogen and oxygen atoms in total. The lowest BCUT2D eigenvalue weighted by atomic mass is 9.99. The molecule has 7 heteroatoms. The number of aromatic hydroxyl groups is 2. The fourth-order valence-corrected chi connectivity index (χ4v) is 2.07. The molecule has 0 heterocycles. The van der Waals surface area contributed by atoms with Crippen molar-refractivity contribution < 1.29 is 24.9 Å². The summed E-state index contributed by atoms with van der Waals surface area (Å²) in [5.74, 6) is -0.572. The minimum Gasteiger partial charge on any atom is -0.508 e. The Kier molecular flexibility index (Phi) is 9.73. The SMILES string of the molecule is CC(C)CC(=O)c1c(O)cc(O)cc1OC[C@H](O)CNC(C)C.Cl. The van der Waals surface area contributed by atoms with Gasteiger partial charge in [0.15, 0.2) is 5.78 Å². The van der Waals surface area contributed by atoms with Gasteiger partial charge in [-0.3, -0.25) is 4.79 Å². The van der Waals surface area contributed by atoms with E-state index >= 15 is 0 Å². The van der Waals surface area contributed by atoms with Crippen molar-refractivity contribution in [2.24, 2.45) is 5.92 Å². The Labute approximate surface area is 149 Å². The van der Waals surface area contributed by atoms with E-state index in [0.29, 0.717) is 6.54 Å². The van der Waals surface area contributed by atoms with Crippen LogP contribution < -0.4 is 10.1 Å². The number of hydrogen-bond donors (Lipinski definition) is 4. The third kappa shape index (κ3) is 7.38. The maximum atomic E-state index is 12.3. The second kappa shape index (κ2) is 10.4. The summed E-state index contributed by atoms with van der Waals surface area (Å²) >= 11 is 0. The molecule has 0 bridgehead atoms. The summed E-state index contributed by atoms with van der Waals surface area (Å²) < 4.78 is 5.46. The summed E-state index contributed by atoms with van der Waals surface area (Å²) in [6.45, 7) is 8.02. The van der Waals surface area contributed by atoms with Gasteiger partial charge in [-0.25, -0.2) is 0 Å². The number of Topliss-reactive ketones (excluding diaryl/α,β-unsaturated/α-hetero) is 1. The number of benzene rings is 1. The highest BCUT2D eigenvalue weighted by Gasteiger charge is 2.21. The van der Waals surface area contributed by atoms with Gasteiger partial charge in [0.25, 0.3) is 0 Å². The Morgan fingerprint density at radius 2 is 1.83 bits per heavy atom. The lowest BCUT2D eigenvalue weighted by Crippen LogP contribution is -2.35. The van der Waals surface area contributed by atoms with Crippen molar-refractivity contribution in [2.75, 3.05) is 13.2 Å². The second-order valence-corrected chi connectivity index (χ2v) is 6.39. The molecule has 24 heavy (non-hydrogen) atoms. The van der Waals surface area contributed by atoms with E-state index in [-0.39, 0.29) is 66.0 Å². The first-order chi connectivity index (χ1) is 10.7. The van der Waals surface area contributed by atoms with Gasteiger partial charge in [0.2, 0.25) is 0 Å². The number of ether oxygens (including phenoxy) is 1. The highest BCUT2D eigenvalue weighted by Crippen LogP contribution is 2.34. The lowest BCUT2D eigenvalue weighted by Gasteiger charge is -2.17. The number of phenolic OH excluding ortho intramolecular Hbond substituents is 2. The molecule has 0 amide bonds. The third-order valence-corrected chi connectivity index (χ3v) is 3.13. The number of ketones is 1. The van der Waals surface area contributed by atoms with Crippen molar-refractivity contribution in [3.8, 4) is 17.2 Å². The van der Waals surface area contributed by atoms with E-state index in [9.17, 15) is 20.1 Å². The smallest absolute Gasteiger partial charge is 0.170 e. The number of hydrogen-bond acceptors (Lipinski definition) is 6. The number of halogens is 1. The lowest BCUT2D eigenvalue weighted by molar-refractivity contribution is 0.0930. The summed E-state index contributed by atoms with van der Waals surface area (Å²) in [4.78, 5) is 12.3. The van der Waals surface area contributed by atoms with E-state index < -0.39 is 6.10 Å². The van der Waals surface area contributed by atoms with Crippen LogP contribution in [0.25, 0.3) is 0 Å². The second-order valence-electron chi connectivity index (χ2n) is 6.39. The van der Waals surface area contributed by atoms with Crippen molar-refractivity contribution in [1.29, 1.82) is 0 Å². The van der Waals surface area contributed by atoms with Crippen LogP contribution in [0.3, 0.4) is 0 Å². The summed E-state index contributed by atoms with van der Waals surface area (Å²) in [5.41, 5.74) is 0.0421. The van der Waals surface area contributed by atoms with Gasteiger partial charge in [0.05, 0.1) is 0 Å². The molecule has 0 radical (unpaired) electrons. The molecule has 4 N–H and O–H groups in total. The Balaban J connectivity index is 0.00000529. The molecule has 0 spiro atoms. The highest BCUT2D eigenvalue weighted by molar-refractivity contribution is 6.01. The minimum absolute atomic E-state index is 0. The molecule has 0 saturated heterocycles. The molecule has 1 aromatic rings. The highest BCUT2D eigenvalue weighted by atomic mass is 35.5. The number of aliphatic hydroxyl groups excluding tert-OH is 1. The predicted molar refractivity (Wildman–Crippen MR) is 95.4 cm³/mol. The van der Waals surface area contributed by atoms with Gasteiger partial charge in [-0.2, -0.15) is 0 Å². The molecule has 0 unspecified atom stereocenters. The zero-order chi connectivity index (χ0) is 17.6. The van der Waals surface area contributed by atoms with Crippen LogP contribution in [0.2, 0.25) is 0 Å². The molecular formula is C17H28ClNO5. The molecule has 138 valence electrons. The van der Waals surface area contributed by atoms with E-state index in [1.807, 2.05) is 27.7 Å². The van der Waals surface area contributed by atoms with Gasteiger partial charge in [-0.15, -0.1) is 12.4 Å². The van der Waals surface area contributed by atoms with Gasteiger partial charge in [-0.1, -0.05) is 27.7 Å². The standard InChI is InChI=1S/C17H27NO5.ClH/c1-10(2)5-14(21)17-15(22)6-12(19)7-16(17)23-9-13(20)8-18-11(3)4;/h6-7,10-11,13,18-20,22H,5,8-9H2,1-4H3;1H/t13-;/m1./s1. The fourth-order valence-electron chi connectivity index (χ4n) is 2.07. The minimum atomic E-state index is -0.769. The summed E-state index contributed by atoms with van der Waals surface area (Å²) in [7, 11) is 0. The Bertz CT molecular complexity index is 534. The number of nitrogens with one attached hydrogen (secondary N) is 1.